The highest BCUT2D eigenvalue weighted by molar-refractivity contribution is 6.10. The van der Waals surface area contributed by atoms with Crippen LogP contribution in [0.4, 0.5) is 21.1 Å². The highest BCUT2D eigenvalue weighted by Gasteiger charge is 2.36. The Labute approximate surface area is 135 Å². The second-order valence-corrected chi connectivity index (χ2v) is 6.88. The molecule has 0 aliphatic carbocycles. The molecule has 0 aliphatic heterocycles. The lowest BCUT2D eigenvalue weighted by Crippen LogP contribution is -2.44. The Kier molecular flexibility index (Phi) is 5.05. The van der Waals surface area contributed by atoms with Gasteiger partial charge in [-0.1, -0.05) is 0 Å². The number of ether oxygens (including phenoxy) is 2. The second-order valence-electron chi connectivity index (χ2n) is 6.88. The fourth-order valence-corrected chi connectivity index (χ4v) is 1.62. The fourth-order valence-electron chi connectivity index (χ4n) is 1.62. The minimum Gasteiger partial charge on any atom is -0.443 e. The minimum atomic E-state index is -0.930. The van der Waals surface area contributed by atoms with Crippen LogP contribution in [0.15, 0.2) is 6.20 Å². The van der Waals surface area contributed by atoms with Crippen LogP contribution in [-0.2, 0) is 16.5 Å². The lowest BCUT2D eigenvalue weighted by molar-refractivity contribution is 0.0427. The highest BCUT2D eigenvalue weighted by atomic mass is 16.6. The molecule has 0 aromatic carbocycles. The van der Waals surface area contributed by atoms with Crippen LogP contribution < -0.4 is 4.90 Å². The van der Waals surface area contributed by atoms with Crippen LogP contribution in [0.5, 0.6) is 0 Å². The van der Waals surface area contributed by atoms with Gasteiger partial charge in [0.05, 0.1) is 12.8 Å². The maximum Gasteiger partial charge on any atom is 0.424 e. The third-order valence-electron chi connectivity index (χ3n) is 2.37. The monoisotopic (exact) mass is 322 g/mol. The Morgan fingerprint density at radius 2 is 1.57 bits per heavy atom. The van der Waals surface area contributed by atoms with E-state index in [4.69, 9.17) is 16.0 Å². The zero-order valence-corrected chi connectivity index (χ0v) is 14.5. The molecule has 126 valence electrons. The van der Waals surface area contributed by atoms with Gasteiger partial charge in [-0.05, 0) is 41.5 Å². The summed E-state index contributed by atoms with van der Waals surface area (Å²) >= 11 is 0. The maximum atomic E-state index is 12.5. The van der Waals surface area contributed by atoms with Crippen LogP contribution in [0.3, 0.4) is 0 Å². The van der Waals surface area contributed by atoms with Crippen LogP contribution in [-0.4, -0.2) is 33.2 Å². The predicted octanol–water partition coefficient (Wildman–Crippen LogP) is 3.65. The smallest absolute Gasteiger partial charge is 0.424 e. The van der Waals surface area contributed by atoms with E-state index in [0.717, 1.165) is 0 Å². The number of hydrogen-bond donors (Lipinski definition) is 0. The molecule has 1 aromatic heterocycles. The first-order valence-electron chi connectivity index (χ1n) is 7.01. The van der Waals surface area contributed by atoms with Gasteiger partial charge in [-0.25, -0.2) is 14.4 Å². The molecule has 0 saturated heterocycles. The fraction of sp³-hybridized carbons (Fsp3) is 0.600. The zero-order valence-electron chi connectivity index (χ0n) is 14.5. The largest absolute Gasteiger partial charge is 0.443 e. The molecule has 0 unspecified atom stereocenters. The molecule has 0 atom stereocenters. The first kappa shape index (κ1) is 18.5. The summed E-state index contributed by atoms with van der Waals surface area (Å²) in [5.41, 5.74) is -1.58. The summed E-state index contributed by atoms with van der Waals surface area (Å²) < 4.78 is 11.8. The molecular formula is C15H22N4O4. The first-order valence-corrected chi connectivity index (χ1v) is 7.01. The standard InChI is InChI=1S/C15H22N4O4/c1-14(2,3)22-12(20)19(13(21)23-15(4,5)6)11-10(16-7)9-17-18(11)8/h9H,1-6,8H3. The molecule has 0 radical (unpaired) electrons. The minimum absolute atomic E-state index is 0.00324. The van der Waals surface area contributed by atoms with Gasteiger partial charge in [0.15, 0.2) is 5.82 Å². The van der Waals surface area contributed by atoms with E-state index in [1.54, 1.807) is 41.5 Å². The normalized spacial score (nSPS) is 11.6. The Morgan fingerprint density at radius 1 is 1.13 bits per heavy atom. The molecule has 0 aliphatic rings. The number of hydrogen-bond acceptors (Lipinski definition) is 5. The van der Waals surface area contributed by atoms with Crippen LogP contribution >= 0.6 is 0 Å². The van der Waals surface area contributed by atoms with Gasteiger partial charge in [0.1, 0.15) is 11.2 Å². The summed E-state index contributed by atoms with van der Waals surface area (Å²) in [6.07, 6.45) is -0.593. The second kappa shape index (κ2) is 6.28. The summed E-state index contributed by atoms with van der Waals surface area (Å²) in [5, 5.41) is 3.91. The average molecular weight is 322 g/mol. The van der Waals surface area contributed by atoms with Crippen molar-refractivity contribution in [1.29, 1.82) is 0 Å². The molecular weight excluding hydrogens is 300 g/mol. The number of nitrogens with zero attached hydrogens (tertiary/aromatic N) is 4. The predicted molar refractivity (Wildman–Crippen MR) is 84.4 cm³/mol. The van der Waals surface area contributed by atoms with Crippen molar-refractivity contribution in [1.82, 2.24) is 9.78 Å². The molecule has 1 rings (SSSR count). The van der Waals surface area contributed by atoms with E-state index in [1.165, 1.54) is 17.9 Å². The van der Waals surface area contributed by atoms with E-state index in [1.807, 2.05) is 0 Å². The number of rotatable bonds is 1. The number of aryl methyl sites for hydroxylation is 1. The van der Waals surface area contributed by atoms with Gasteiger partial charge < -0.3 is 9.47 Å². The van der Waals surface area contributed by atoms with Gasteiger partial charge in [-0.15, -0.1) is 0 Å². The molecule has 1 aromatic rings. The van der Waals surface area contributed by atoms with E-state index in [0.29, 0.717) is 4.90 Å². The summed E-state index contributed by atoms with van der Waals surface area (Å²) in [5.74, 6) is 0.00324. The van der Waals surface area contributed by atoms with E-state index >= 15 is 0 Å². The Bertz CT molecular complexity index is 616. The topological polar surface area (TPSA) is 78.0 Å². The lowest BCUT2D eigenvalue weighted by atomic mass is 10.2. The molecule has 8 heteroatoms. The quantitative estimate of drug-likeness (QED) is 0.737. The van der Waals surface area contributed by atoms with Crippen molar-refractivity contribution < 1.29 is 19.1 Å². The van der Waals surface area contributed by atoms with Crippen molar-refractivity contribution in [2.75, 3.05) is 4.90 Å². The Balaban J connectivity index is 3.32. The lowest BCUT2D eigenvalue weighted by Gasteiger charge is -2.28. The molecule has 23 heavy (non-hydrogen) atoms. The first-order chi connectivity index (χ1) is 10.4. The van der Waals surface area contributed by atoms with Crippen molar-refractivity contribution in [2.24, 2.45) is 7.05 Å². The maximum absolute atomic E-state index is 12.5. The Morgan fingerprint density at radius 3 is 1.91 bits per heavy atom. The van der Waals surface area contributed by atoms with Crippen LogP contribution in [0.1, 0.15) is 41.5 Å². The molecule has 8 nitrogen and oxygen atoms in total. The third-order valence-corrected chi connectivity index (χ3v) is 2.37. The molecule has 0 spiro atoms. The molecule has 0 fully saturated rings. The number of carbonyl (C=O) groups excluding carboxylic acids is 2. The molecule has 0 N–H and O–H groups in total. The third kappa shape index (κ3) is 4.98. The van der Waals surface area contributed by atoms with Gasteiger partial charge in [0, 0.05) is 7.05 Å². The number of anilines is 1. The van der Waals surface area contributed by atoms with E-state index in [-0.39, 0.29) is 11.5 Å². The van der Waals surface area contributed by atoms with Crippen molar-refractivity contribution >= 4 is 23.7 Å². The van der Waals surface area contributed by atoms with Crippen molar-refractivity contribution in [3.8, 4) is 0 Å². The summed E-state index contributed by atoms with van der Waals surface area (Å²) in [6, 6.07) is 0. The molecule has 0 bridgehead atoms. The molecule has 0 saturated carbocycles. The highest BCUT2D eigenvalue weighted by Crippen LogP contribution is 2.30. The number of amides is 2. The van der Waals surface area contributed by atoms with Gasteiger partial charge in [0.25, 0.3) is 0 Å². The van der Waals surface area contributed by atoms with Crippen molar-refractivity contribution in [2.45, 2.75) is 52.7 Å². The SMILES string of the molecule is [C-]#[N+]c1cnn(C)c1N(C(=O)OC(C)(C)C)C(=O)OC(C)(C)C. The van der Waals surface area contributed by atoms with Gasteiger partial charge in [-0.3, -0.25) is 4.68 Å². The zero-order chi connectivity index (χ0) is 18.0. The Hall–Kier alpha value is -2.56. The summed E-state index contributed by atoms with van der Waals surface area (Å²) in [6.45, 7) is 17.2. The van der Waals surface area contributed by atoms with Crippen LogP contribution in [0, 0.1) is 6.57 Å². The summed E-state index contributed by atoms with van der Waals surface area (Å²) in [7, 11) is 1.52. The summed E-state index contributed by atoms with van der Waals surface area (Å²) in [4.78, 5) is 28.9. The number of carbonyl (C=O) groups is 2. The molecule has 1 heterocycles. The number of imide groups is 1. The van der Waals surface area contributed by atoms with Crippen molar-refractivity contribution in [3.63, 3.8) is 0 Å². The van der Waals surface area contributed by atoms with E-state index in [2.05, 4.69) is 9.94 Å². The van der Waals surface area contributed by atoms with Gasteiger partial charge >= 0.3 is 12.2 Å². The number of aromatic nitrogens is 2. The van der Waals surface area contributed by atoms with Gasteiger partial charge in [0.2, 0.25) is 5.69 Å². The van der Waals surface area contributed by atoms with E-state index < -0.39 is 23.4 Å². The van der Waals surface area contributed by atoms with Crippen molar-refractivity contribution in [3.05, 3.63) is 17.6 Å². The molecule has 2 amide bonds. The van der Waals surface area contributed by atoms with E-state index in [9.17, 15) is 9.59 Å². The average Bonchev–Trinajstić information content (AvgIpc) is 2.66. The van der Waals surface area contributed by atoms with Gasteiger partial charge in [-0.2, -0.15) is 10.00 Å². The van der Waals surface area contributed by atoms with Crippen LogP contribution in [0.25, 0.3) is 4.85 Å². The van der Waals surface area contributed by atoms with Crippen LogP contribution in [0.2, 0.25) is 0 Å².